The van der Waals surface area contributed by atoms with Gasteiger partial charge in [0.25, 0.3) is 0 Å². The van der Waals surface area contributed by atoms with Crippen molar-refractivity contribution in [2.45, 2.75) is 63.0 Å². The molecule has 1 fully saturated rings. The molecular formula is C20H30N2O5S. The van der Waals surface area contributed by atoms with Crippen LogP contribution in [-0.2, 0) is 25.8 Å². The molecule has 0 atom stereocenters. The quantitative estimate of drug-likeness (QED) is 0.823. The zero-order valence-electron chi connectivity index (χ0n) is 17.2. The summed E-state index contributed by atoms with van der Waals surface area (Å²) in [5.74, 6) is -0.125. The summed E-state index contributed by atoms with van der Waals surface area (Å²) in [7, 11) is -3.25. The van der Waals surface area contributed by atoms with Gasteiger partial charge in [-0.15, -0.1) is 0 Å². The van der Waals surface area contributed by atoms with Gasteiger partial charge >= 0.3 is 6.09 Å². The standard InChI is InChI=1S/C20H30N2O5S/c1-19(2,3)27-18(24)22-12-10-20(4,11-13-22)21-17(23)14-15-6-8-16(9-7-15)28(5,25)26/h6-9H,10-14H2,1-5H3,(H,21,23). The molecule has 1 heterocycles. The molecule has 1 N–H and O–H groups in total. The lowest BCUT2D eigenvalue weighted by Crippen LogP contribution is -2.55. The SMILES string of the molecule is CC1(NC(=O)Cc2ccc(S(C)(=O)=O)cc2)CCN(C(=O)OC(C)(C)C)CC1. The van der Waals surface area contributed by atoms with Crippen LogP contribution in [0.5, 0.6) is 0 Å². The Labute approximate surface area is 167 Å². The number of benzene rings is 1. The van der Waals surface area contributed by atoms with Crippen LogP contribution in [0.25, 0.3) is 0 Å². The van der Waals surface area contributed by atoms with Crippen molar-refractivity contribution < 1.29 is 22.7 Å². The average Bonchev–Trinajstić information content (AvgIpc) is 2.53. The van der Waals surface area contributed by atoms with Crippen LogP contribution in [-0.4, -0.2) is 55.8 Å². The monoisotopic (exact) mass is 410 g/mol. The van der Waals surface area contributed by atoms with Gasteiger partial charge in [-0.2, -0.15) is 0 Å². The van der Waals surface area contributed by atoms with Crippen LogP contribution in [0.4, 0.5) is 4.79 Å². The van der Waals surface area contributed by atoms with Gasteiger partial charge in [0.2, 0.25) is 5.91 Å². The van der Waals surface area contributed by atoms with Crippen molar-refractivity contribution in [3.8, 4) is 0 Å². The Morgan fingerprint density at radius 3 is 2.14 bits per heavy atom. The number of piperidine rings is 1. The van der Waals surface area contributed by atoms with E-state index in [0.29, 0.717) is 25.9 Å². The van der Waals surface area contributed by atoms with Gasteiger partial charge in [0, 0.05) is 24.9 Å². The molecule has 28 heavy (non-hydrogen) atoms. The molecule has 1 aromatic rings. The Morgan fingerprint density at radius 2 is 1.68 bits per heavy atom. The number of nitrogens with zero attached hydrogens (tertiary/aromatic N) is 1. The van der Waals surface area contributed by atoms with Crippen molar-refractivity contribution in [2.24, 2.45) is 0 Å². The van der Waals surface area contributed by atoms with Gasteiger partial charge in [-0.3, -0.25) is 4.79 Å². The third-order valence-corrected chi connectivity index (χ3v) is 5.80. The van der Waals surface area contributed by atoms with Gasteiger partial charge in [-0.1, -0.05) is 12.1 Å². The molecule has 0 unspecified atom stereocenters. The van der Waals surface area contributed by atoms with Crippen LogP contribution in [0.2, 0.25) is 0 Å². The number of hydrogen-bond donors (Lipinski definition) is 1. The lowest BCUT2D eigenvalue weighted by Gasteiger charge is -2.40. The predicted molar refractivity (Wildman–Crippen MR) is 107 cm³/mol. The van der Waals surface area contributed by atoms with Crippen LogP contribution in [0.3, 0.4) is 0 Å². The number of ether oxygens (including phenoxy) is 1. The molecule has 2 rings (SSSR count). The van der Waals surface area contributed by atoms with Crippen molar-refractivity contribution in [1.29, 1.82) is 0 Å². The van der Waals surface area contributed by atoms with Crippen LogP contribution >= 0.6 is 0 Å². The van der Waals surface area contributed by atoms with Gasteiger partial charge in [-0.25, -0.2) is 13.2 Å². The molecule has 2 amide bonds. The molecule has 0 bridgehead atoms. The van der Waals surface area contributed by atoms with E-state index in [2.05, 4.69) is 5.32 Å². The second kappa shape index (κ2) is 8.11. The van der Waals surface area contributed by atoms with Gasteiger partial charge in [-0.05, 0) is 58.2 Å². The highest BCUT2D eigenvalue weighted by molar-refractivity contribution is 7.90. The molecule has 0 aliphatic carbocycles. The van der Waals surface area contributed by atoms with E-state index >= 15 is 0 Å². The van der Waals surface area contributed by atoms with E-state index < -0.39 is 15.4 Å². The van der Waals surface area contributed by atoms with E-state index in [1.54, 1.807) is 17.0 Å². The van der Waals surface area contributed by atoms with Crippen molar-refractivity contribution >= 4 is 21.8 Å². The highest BCUT2D eigenvalue weighted by atomic mass is 32.2. The molecular weight excluding hydrogens is 380 g/mol. The lowest BCUT2D eigenvalue weighted by atomic mass is 9.89. The molecule has 1 aliphatic heterocycles. The minimum atomic E-state index is -3.25. The zero-order valence-corrected chi connectivity index (χ0v) is 18.1. The highest BCUT2D eigenvalue weighted by Crippen LogP contribution is 2.23. The zero-order chi connectivity index (χ0) is 21.2. The Morgan fingerprint density at radius 1 is 1.14 bits per heavy atom. The Bertz CT molecular complexity index is 817. The molecule has 0 spiro atoms. The van der Waals surface area contributed by atoms with Crippen LogP contribution in [0.1, 0.15) is 46.1 Å². The second-order valence-electron chi connectivity index (χ2n) is 8.67. The maximum Gasteiger partial charge on any atom is 0.410 e. The second-order valence-corrected chi connectivity index (χ2v) is 10.7. The van der Waals surface area contributed by atoms with E-state index in [1.165, 1.54) is 12.1 Å². The maximum absolute atomic E-state index is 12.4. The summed E-state index contributed by atoms with van der Waals surface area (Å²) in [5, 5.41) is 3.06. The summed E-state index contributed by atoms with van der Waals surface area (Å²) < 4.78 is 28.4. The normalized spacial score (nSPS) is 17.1. The summed E-state index contributed by atoms with van der Waals surface area (Å²) in [6.45, 7) is 8.53. The lowest BCUT2D eigenvalue weighted by molar-refractivity contribution is -0.122. The molecule has 0 aromatic heterocycles. The van der Waals surface area contributed by atoms with Crippen molar-refractivity contribution in [1.82, 2.24) is 10.2 Å². The summed E-state index contributed by atoms with van der Waals surface area (Å²) >= 11 is 0. The Balaban J connectivity index is 1.88. The molecule has 156 valence electrons. The molecule has 1 saturated heterocycles. The summed E-state index contributed by atoms with van der Waals surface area (Å²) in [6, 6.07) is 6.34. The molecule has 7 nitrogen and oxygen atoms in total. The maximum atomic E-state index is 12.4. The molecule has 1 aliphatic rings. The number of hydrogen-bond acceptors (Lipinski definition) is 5. The third kappa shape index (κ3) is 6.51. The summed E-state index contributed by atoms with van der Waals surface area (Å²) in [5.41, 5.74) is -0.166. The van der Waals surface area contributed by atoms with Crippen LogP contribution in [0.15, 0.2) is 29.2 Å². The van der Waals surface area contributed by atoms with Crippen molar-refractivity contribution in [2.75, 3.05) is 19.3 Å². The topological polar surface area (TPSA) is 92.8 Å². The first-order valence-corrected chi connectivity index (χ1v) is 11.2. The smallest absolute Gasteiger partial charge is 0.410 e. The van der Waals surface area contributed by atoms with E-state index in [9.17, 15) is 18.0 Å². The Hall–Kier alpha value is -2.09. The third-order valence-electron chi connectivity index (χ3n) is 4.68. The van der Waals surface area contributed by atoms with Crippen molar-refractivity contribution in [3.05, 3.63) is 29.8 Å². The minimum Gasteiger partial charge on any atom is -0.444 e. The average molecular weight is 411 g/mol. The predicted octanol–water partition coefficient (Wildman–Crippen LogP) is 2.54. The fourth-order valence-electron chi connectivity index (χ4n) is 3.05. The van der Waals surface area contributed by atoms with Crippen LogP contribution < -0.4 is 5.32 Å². The first-order chi connectivity index (χ1) is 12.8. The molecule has 0 saturated carbocycles. The summed E-state index contributed by atoms with van der Waals surface area (Å²) in [4.78, 5) is 26.5. The number of likely N-dealkylation sites (tertiary alicyclic amines) is 1. The van der Waals surface area contributed by atoms with E-state index in [0.717, 1.165) is 11.8 Å². The van der Waals surface area contributed by atoms with Gasteiger partial charge in [0.1, 0.15) is 5.60 Å². The van der Waals surface area contributed by atoms with Gasteiger partial charge in [0.05, 0.1) is 11.3 Å². The first kappa shape index (κ1) is 22.2. The van der Waals surface area contributed by atoms with E-state index in [-0.39, 0.29) is 28.9 Å². The van der Waals surface area contributed by atoms with Crippen molar-refractivity contribution in [3.63, 3.8) is 0 Å². The number of carbonyl (C=O) groups is 2. The summed E-state index contributed by atoms with van der Waals surface area (Å²) in [6.07, 6.45) is 2.29. The molecule has 0 radical (unpaired) electrons. The van der Waals surface area contributed by atoms with Crippen LogP contribution in [0, 0.1) is 0 Å². The fourth-order valence-corrected chi connectivity index (χ4v) is 3.69. The minimum absolute atomic E-state index is 0.125. The van der Waals surface area contributed by atoms with E-state index in [4.69, 9.17) is 4.74 Å². The highest BCUT2D eigenvalue weighted by Gasteiger charge is 2.34. The number of rotatable bonds is 4. The number of amides is 2. The largest absolute Gasteiger partial charge is 0.444 e. The first-order valence-electron chi connectivity index (χ1n) is 9.35. The number of nitrogens with one attached hydrogen (secondary N) is 1. The number of carbonyl (C=O) groups excluding carboxylic acids is 2. The fraction of sp³-hybridized carbons (Fsp3) is 0.600. The number of sulfone groups is 1. The molecule has 8 heteroatoms. The van der Waals surface area contributed by atoms with Gasteiger partial charge in [0.15, 0.2) is 9.84 Å². The van der Waals surface area contributed by atoms with Gasteiger partial charge < -0.3 is 15.0 Å². The van der Waals surface area contributed by atoms with E-state index in [1.807, 2.05) is 27.7 Å². The Kier molecular flexibility index (Phi) is 6.43. The molecule has 1 aromatic carbocycles.